The molecule has 0 saturated heterocycles. The molecule has 2 N–H and O–H groups in total. The van der Waals surface area contributed by atoms with Gasteiger partial charge in [-0.2, -0.15) is 0 Å². The molecule has 0 radical (unpaired) electrons. The minimum atomic E-state index is 0.119. The summed E-state index contributed by atoms with van der Waals surface area (Å²) in [5.74, 6) is 2.42. The number of amides is 1. The van der Waals surface area contributed by atoms with Gasteiger partial charge in [0.05, 0.1) is 0 Å². The van der Waals surface area contributed by atoms with Gasteiger partial charge in [-0.05, 0) is 44.0 Å². The van der Waals surface area contributed by atoms with Crippen molar-refractivity contribution in [1.82, 2.24) is 19.5 Å². The average molecular weight is 348 g/mol. The predicted octanol–water partition coefficient (Wildman–Crippen LogP) is 3.45. The lowest BCUT2D eigenvalue weighted by molar-refractivity contribution is -0.122. The first-order valence-corrected chi connectivity index (χ1v) is 8.69. The van der Waals surface area contributed by atoms with Crippen LogP contribution in [0.2, 0.25) is 0 Å². The number of anilines is 3. The molecule has 26 heavy (non-hydrogen) atoms. The summed E-state index contributed by atoms with van der Waals surface area (Å²) in [6.45, 7) is 1.85. The summed E-state index contributed by atoms with van der Waals surface area (Å²) in [6.07, 6.45) is 8.40. The number of benzene rings is 1. The maximum absolute atomic E-state index is 12.0. The Labute approximate surface area is 151 Å². The number of imidazole rings is 1. The van der Waals surface area contributed by atoms with E-state index in [4.69, 9.17) is 0 Å². The number of carbonyl (C=O) groups is 1. The molecule has 2 heterocycles. The Balaban J connectivity index is 1.46. The number of rotatable bonds is 5. The Bertz CT molecular complexity index is 900. The van der Waals surface area contributed by atoms with Gasteiger partial charge >= 0.3 is 0 Å². The van der Waals surface area contributed by atoms with Crippen LogP contribution in [0.25, 0.3) is 5.82 Å². The number of nitrogens with one attached hydrogen (secondary N) is 2. The van der Waals surface area contributed by atoms with Crippen LogP contribution in [-0.2, 0) is 4.79 Å². The molecular formula is C19H20N6O. The number of carbonyl (C=O) groups excluding carboxylic acids is 1. The molecule has 1 aromatic carbocycles. The van der Waals surface area contributed by atoms with Gasteiger partial charge in [0.2, 0.25) is 5.91 Å². The zero-order chi connectivity index (χ0) is 17.9. The first-order valence-electron chi connectivity index (χ1n) is 8.69. The Morgan fingerprint density at radius 2 is 1.92 bits per heavy atom. The van der Waals surface area contributed by atoms with Crippen molar-refractivity contribution in [3.05, 3.63) is 54.9 Å². The van der Waals surface area contributed by atoms with E-state index in [2.05, 4.69) is 25.6 Å². The summed E-state index contributed by atoms with van der Waals surface area (Å²) in [7, 11) is 0. The van der Waals surface area contributed by atoms with Gasteiger partial charge in [0.25, 0.3) is 0 Å². The second kappa shape index (κ2) is 6.95. The van der Waals surface area contributed by atoms with Gasteiger partial charge in [0, 0.05) is 35.8 Å². The normalized spacial score (nSPS) is 13.9. The topological polar surface area (TPSA) is 84.7 Å². The molecule has 1 saturated carbocycles. The average Bonchev–Trinajstić information content (AvgIpc) is 3.09. The minimum absolute atomic E-state index is 0.119. The van der Waals surface area contributed by atoms with E-state index in [1.807, 2.05) is 48.0 Å². The monoisotopic (exact) mass is 348 g/mol. The summed E-state index contributed by atoms with van der Waals surface area (Å²) in [5.41, 5.74) is 1.70. The van der Waals surface area contributed by atoms with Crippen LogP contribution in [0.15, 0.2) is 49.1 Å². The molecule has 0 aliphatic heterocycles. The second-order valence-electron chi connectivity index (χ2n) is 6.45. The predicted molar refractivity (Wildman–Crippen MR) is 99.6 cm³/mol. The largest absolute Gasteiger partial charge is 0.340 e. The van der Waals surface area contributed by atoms with Gasteiger partial charge in [-0.25, -0.2) is 15.0 Å². The van der Waals surface area contributed by atoms with Crippen LogP contribution in [0.1, 0.15) is 25.1 Å². The van der Waals surface area contributed by atoms with Crippen LogP contribution in [0, 0.1) is 12.8 Å². The molecule has 1 aliphatic rings. The van der Waals surface area contributed by atoms with E-state index in [0.717, 1.165) is 36.5 Å². The van der Waals surface area contributed by atoms with Crippen LogP contribution in [0.5, 0.6) is 0 Å². The third-order valence-corrected chi connectivity index (χ3v) is 4.49. The van der Waals surface area contributed by atoms with Gasteiger partial charge in [-0.3, -0.25) is 9.36 Å². The molecule has 2 aromatic heterocycles. The van der Waals surface area contributed by atoms with Crippen molar-refractivity contribution in [2.24, 2.45) is 5.92 Å². The first-order chi connectivity index (χ1) is 12.7. The molecule has 3 aromatic rings. The molecule has 0 unspecified atom stereocenters. The smallest absolute Gasteiger partial charge is 0.227 e. The van der Waals surface area contributed by atoms with E-state index in [1.54, 1.807) is 12.5 Å². The van der Waals surface area contributed by atoms with Gasteiger partial charge in [-0.1, -0.05) is 6.42 Å². The fourth-order valence-electron chi connectivity index (χ4n) is 2.84. The lowest BCUT2D eigenvalue weighted by Gasteiger charge is -2.24. The second-order valence-corrected chi connectivity index (χ2v) is 6.45. The summed E-state index contributed by atoms with van der Waals surface area (Å²) in [6, 6.07) is 9.49. The Morgan fingerprint density at radius 3 is 2.58 bits per heavy atom. The number of hydrogen-bond donors (Lipinski definition) is 2. The van der Waals surface area contributed by atoms with Crippen LogP contribution in [0.3, 0.4) is 0 Å². The van der Waals surface area contributed by atoms with Crippen LogP contribution in [-0.4, -0.2) is 25.4 Å². The van der Waals surface area contributed by atoms with Crippen LogP contribution in [0.4, 0.5) is 17.2 Å². The molecule has 0 bridgehead atoms. The van der Waals surface area contributed by atoms with Crippen LogP contribution >= 0.6 is 0 Å². The molecule has 7 nitrogen and oxygen atoms in total. The number of aryl methyl sites for hydroxylation is 1. The number of aromatic nitrogens is 4. The van der Waals surface area contributed by atoms with E-state index in [1.165, 1.54) is 0 Å². The van der Waals surface area contributed by atoms with E-state index in [-0.39, 0.29) is 11.8 Å². The van der Waals surface area contributed by atoms with E-state index >= 15 is 0 Å². The Morgan fingerprint density at radius 1 is 1.15 bits per heavy atom. The minimum Gasteiger partial charge on any atom is -0.340 e. The highest BCUT2D eigenvalue weighted by atomic mass is 16.1. The molecule has 132 valence electrons. The van der Waals surface area contributed by atoms with Gasteiger partial charge in [-0.15, -0.1) is 0 Å². The van der Waals surface area contributed by atoms with E-state index in [9.17, 15) is 4.79 Å². The number of hydrogen-bond acceptors (Lipinski definition) is 5. The van der Waals surface area contributed by atoms with Gasteiger partial charge in [0.15, 0.2) is 0 Å². The third-order valence-electron chi connectivity index (χ3n) is 4.49. The van der Waals surface area contributed by atoms with Crippen molar-refractivity contribution in [3.63, 3.8) is 0 Å². The third kappa shape index (κ3) is 3.56. The SMILES string of the molecule is Cc1nc(Nc2ccc(NC(=O)C3CCC3)cc2)cc(-n2ccnc2)n1. The molecule has 7 heteroatoms. The first kappa shape index (κ1) is 16.3. The Hall–Kier alpha value is -3.22. The quantitative estimate of drug-likeness (QED) is 0.738. The fraction of sp³-hybridized carbons (Fsp3) is 0.263. The highest BCUT2D eigenvalue weighted by Crippen LogP contribution is 2.28. The van der Waals surface area contributed by atoms with Crippen molar-refractivity contribution in [2.75, 3.05) is 10.6 Å². The molecule has 4 rings (SSSR count). The van der Waals surface area contributed by atoms with Crippen molar-refractivity contribution in [2.45, 2.75) is 26.2 Å². The fourth-order valence-corrected chi connectivity index (χ4v) is 2.84. The highest BCUT2D eigenvalue weighted by Gasteiger charge is 2.24. The number of nitrogens with zero attached hydrogens (tertiary/aromatic N) is 4. The summed E-state index contributed by atoms with van der Waals surface area (Å²) < 4.78 is 1.83. The maximum Gasteiger partial charge on any atom is 0.227 e. The Kier molecular flexibility index (Phi) is 4.35. The van der Waals surface area contributed by atoms with Crippen molar-refractivity contribution in [3.8, 4) is 5.82 Å². The molecular weight excluding hydrogens is 328 g/mol. The summed E-state index contributed by atoms with van der Waals surface area (Å²) >= 11 is 0. The van der Waals surface area contributed by atoms with Crippen molar-refractivity contribution in [1.29, 1.82) is 0 Å². The lowest BCUT2D eigenvalue weighted by Crippen LogP contribution is -2.27. The van der Waals surface area contributed by atoms with Crippen molar-refractivity contribution >= 4 is 23.1 Å². The summed E-state index contributed by atoms with van der Waals surface area (Å²) in [4.78, 5) is 24.9. The zero-order valence-corrected chi connectivity index (χ0v) is 14.5. The summed E-state index contributed by atoms with van der Waals surface area (Å²) in [5, 5.41) is 6.24. The lowest BCUT2D eigenvalue weighted by atomic mass is 9.85. The van der Waals surface area contributed by atoms with Gasteiger partial charge < -0.3 is 10.6 Å². The van der Waals surface area contributed by atoms with Gasteiger partial charge in [0.1, 0.15) is 23.8 Å². The van der Waals surface area contributed by atoms with Crippen LogP contribution < -0.4 is 10.6 Å². The maximum atomic E-state index is 12.0. The van der Waals surface area contributed by atoms with Crippen molar-refractivity contribution < 1.29 is 4.79 Å². The highest BCUT2D eigenvalue weighted by molar-refractivity contribution is 5.93. The standard InChI is InChI=1S/C19H20N6O/c1-13-21-17(11-18(22-13)25-10-9-20-12-25)23-15-5-7-16(8-6-15)24-19(26)14-3-2-4-14/h5-12,14H,2-4H2,1H3,(H,24,26)(H,21,22,23). The molecule has 0 atom stereocenters. The van der Waals surface area contributed by atoms with E-state index in [0.29, 0.717) is 11.6 Å². The molecule has 1 aliphatic carbocycles. The molecule has 0 spiro atoms. The zero-order valence-electron chi connectivity index (χ0n) is 14.5. The molecule has 1 fully saturated rings. The van der Waals surface area contributed by atoms with E-state index < -0.39 is 0 Å². The molecule has 1 amide bonds.